The summed E-state index contributed by atoms with van der Waals surface area (Å²) in [5.41, 5.74) is 0.683. The Morgan fingerprint density at radius 1 is 1.23 bits per heavy atom. The van der Waals surface area contributed by atoms with Crippen LogP contribution in [0.2, 0.25) is 0 Å². The van der Waals surface area contributed by atoms with Gasteiger partial charge in [0.1, 0.15) is 0 Å². The van der Waals surface area contributed by atoms with Crippen molar-refractivity contribution in [2.75, 3.05) is 11.3 Å². The molecule has 2 aromatic rings. The number of esters is 1. The van der Waals surface area contributed by atoms with Gasteiger partial charge in [0.15, 0.2) is 0 Å². The highest BCUT2D eigenvalue weighted by Crippen LogP contribution is 2.16. The Labute approximate surface area is 129 Å². The van der Waals surface area contributed by atoms with Crippen LogP contribution in [0.3, 0.4) is 0 Å². The third-order valence-corrected chi connectivity index (χ3v) is 4.15. The topological polar surface area (TPSA) is 85.4 Å². The van der Waals surface area contributed by atoms with Crippen molar-refractivity contribution < 1.29 is 17.9 Å². The number of aromatic nitrogens is 1. The van der Waals surface area contributed by atoms with Gasteiger partial charge in [-0.25, -0.2) is 13.2 Å². The summed E-state index contributed by atoms with van der Waals surface area (Å²) in [4.78, 5) is 15.6. The highest BCUT2D eigenvalue weighted by atomic mass is 32.2. The number of anilines is 1. The molecule has 116 valence electrons. The van der Waals surface area contributed by atoms with E-state index in [1.807, 2.05) is 6.92 Å². The Hall–Kier alpha value is -2.41. The van der Waals surface area contributed by atoms with Gasteiger partial charge in [-0.15, -0.1) is 0 Å². The summed E-state index contributed by atoms with van der Waals surface area (Å²) in [6.07, 6.45) is 3.69. The minimum Gasteiger partial charge on any atom is -0.462 e. The zero-order chi connectivity index (χ0) is 16.0. The molecular formula is C15H16N2O4S. The van der Waals surface area contributed by atoms with Crippen LogP contribution in [0.5, 0.6) is 0 Å². The molecule has 1 aromatic heterocycles. The molecule has 0 aliphatic rings. The fraction of sp³-hybridized carbons (Fsp3) is 0.200. The largest absolute Gasteiger partial charge is 0.462 e. The van der Waals surface area contributed by atoms with E-state index in [0.717, 1.165) is 6.42 Å². The molecule has 7 heteroatoms. The maximum absolute atomic E-state index is 12.2. The standard InChI is InChI=1S/C15H16N2O4S/c1-2-10-21-15(18)12-5-7-14(8-6-12)22(19,20)17-13-4-3-9-16-11-13/h3-9,11,17H,2,10H2,1H3. The number of pyridine rings is 1. The predicted molar refractivity (Wildman–Crippen MR) is 82.1 cm³/mol. The number of nitrogens with one attached hydrogen (secondary N) is 1. The van der Waals surface area contributed by atoms with Crippen LogP contribution in [0.15, 0.2) is 53.7 Å². The molecule has 1 aromatic carbocycles. The molecule has 22 heavy (non-hydrogen) atoms. The summed E-state index contributed by atoms with van der Waals surface area (Å²) in [7, 11) is -3.71. The first-order valence-corrected chi connectivity index (χ1v) is 8.21. The average molecular weight is 320 g/mol. The van der Waals surface area contributed by atoms with Gasteiger partial charge >= 0.3 is 5.97 Å². The lowest BCUT2D eigenvalue weighted by Gasteiger charge is -2.08. The van der Waals surface area contributed by atoms with Crippen molar-refractivity contribution in [2.24, 2.45) is 0 Å². The SMILES string of the molecule is CCCOC(=O)c1ccc(S(=O)(=O)Nc2cccnc2)cc1. The van der Waals surface area contributed by atoms with Crippen molar-refractivity contribution in [1.82, 2.24) is 4.98 Å². The molecule has 0 unspecified atom stereocenters. The lowest BCUT2D eigenvalue weighted by atomic mass is 10.2. The second-order valence-corrected chi connectivity index (χ2v) is 6.19. The Bertz CT molecular complexity index is 728. The van der Waals surface area contributed by atoms with E-state index < -0.39 is 16.0 Å². The van der Waals surface area contributed by atoms with Crippen LogP contribution in [0, 0.1) is 0 Å². The van der Waals surface area contributed by atoms with Gasteiger partial charge in [0.05, 0.1) is 29.0 Å². The third-order valence-electron chi connectivity index (χ3n) is 2.75. The van der Waals surface area contributed by atoms with Gasteiger partial charge in [0, 0.05) is 6.20 Å². The van der Waals surface area contributed by atoms with Gasteiger partial charge in [0.25, 0.3) is 10.0 Å². The fourth-order valence-corrected chi connectivity index (χ4v) is 2.73. The number of hydrogen-bond donors (Lipinski definition) is 1. The molecule has 0 saturated heterocycles. The molecule has 0 radical (unpaired) electrons. The molecule has 1 heterocycles. The number of sulfonamides is 1. The van der Waals surface area contributed by atoms with E-state index in [0.29, 0.717) is 17.9 Å². The van der Waals surface area contributed by atoms with Crippen molar-refractivity contribution in [3.05, 3.63) is 54.4 Å². The number of carbonyl (C=O) groups excluding carboxylic acids is 1. The first-order valence-electron chi connectivity index (χ1n) is 6.73. The fourth-order valence-electron chi connectivity index (χ4n) is 1.69. The summed E-state index contributed by atoms with van der Waals surface area (Å²) in [6, 6.07) is 8.81. The zero-order valence-corrected chi connectivity index (χ0v) is 12.8. The van der Waals surface area contributed by atoms with Gasteiger partial charge in [-0.1, -0.05) is 6.92 Å². The van der Waals surface area contributed by atoms with E-state index in [9.17, 15) is 13.2 Å². The third kappa shape index (κ3) is 4.05. The highest BCUT2D eigenvalue weighted by molar-refractivity contribution is 7.92. The molecule has 6 nitrogen and oxygen atoms in total. The molecule has 0 spiro atoms. The summed E-state index contributed by atoms with van der Waals surface area (Å²) in [5, 5.41) is 0. The quantitative estimate of drug-likeness (QED) is 0.826. The number of nitrogens with zero attached hydrogens (tertiary/aromatic N) is 1. The summed E-state index contributed by atoms with van der Waals surface area (Å²) in [6.45, 7) is 2.23. The average Bonchev–Trinajstić information content (AvgIpc) is 2.53. The summed E-state index contributed by atoms with van der Waals surface area (Å²) < 4.78 is 31.8. The van der Waals surface area contributed by atoms with Crippen LogP contribution in [0.25, 0.3) is 0 Å². The highest BCUT2D eigenvalue weighted by Gasteiger charge is 2.15. The molecule has 1 N–H and O–H groups in total. The van der Waals surface area contributed by atoms with Crippen molar-refractivity contribution in [1.29, 1.82) is 0 Å². The number of hydrogen-bond acceptors (Lipinski definition) is 5. The van der Waals surface area contributed by atoms with Crippen molar-refractivity contribution in [2.45, 2.75) is 18.2 Å². The van der Waals surface area contributed by atoms with Crippen LogP contribution >= 0.6 is 0 Å². The molecule has 0 atom stereocenters. The zero-order valence-electron chi connectivity index (χ0n) is 12.0. The lowest BCUT2D eigenvalue weighted by Crippen LogP contribution is -2.13. The van der Waals surface area contributed by atoms with E-state index in [1.54, 1.807) is 18.3 Å². The second kappa shape index (κ2) is 7.04. The smallest absolute Gasteiger partial charge is 0.338 e. The second-order valence-electron chi connectivity index (χ2n) is 4.51. The van der Waals surface area contributed by atoms with Gasteiger partial charge in [-0.3, -0.25) is 9.71 Å². The number of benzene rings is 1. The molecule has 0 aliphatic carbocycles. The van der Waals surface area contributed by atoms with Crippen LogP contribution in [-0.2, 0) is 14.8 Å². The minimum absolute atomic E-state index is 0.0587. The number of ether oxygens (including phenoxy) is 1. The molecule has 2 rings (SSSR count). The van der Waals surface area contributed by atoms with Crippen LogP contribution in [0.4, 0.5) is 5.69 Å². The predicted octanol–water partition coefficient (Wildman–Crippen LogP) is 2.45. The number of carbonyl (C=O) groups is 1. The van der Waals surface area contributed by atoms with Crippen LogP contribution in [-0.4, -0.2) is 26.0 Å². The Kier molecular flexibility index (Phi) is 5.11. The van der Waals surface area contributed by atoms with E-state index in [2.05, 4.69) is 9.71 Å². The maximum Gasteiger partial charge on any atom is 0.338 e. The summed E-state index contributed by atoms with van der Waals surface area (Å²) >= 11 is 0. The van der Waals surface area contributed by atoms with Gasteiger partial charge in [-0.2, -0.15) is 0 Å². The van der Waals surface area contributed by atoms with E-state index in [4.69, 9.17) is 4.74 Å². The first-order chi connectivity index (χ1) is 10.5. The van der Waals surface area contributed by atoms with Crippen LogP contribution in [0.1, 0.15) is 23.7 Å². The minimum atomic E-state index is -3.71. The maximum atomic E-state index is 12.2. The van der Waals surface area contributed by atoms with Crippen molar-refractivity contribution in [3.63, 3.8) is 0 Å². The Balaban J connectivity index is 2.14. The van der Waals surface area contributed by atoms with Crippen LogP contribution < -0.4 is 4.72 Å². The lowest BCUT2D eigenvalue weighted by molar-refractivity contribution is 0.0505. The van der Waals surface area contributed by atoms with Crippen molar-refractivity contribution in [3.8, 4) is 0 Å². The Morgan fingerprint density at radius 2 is 1.95 bits per heavy atom. The molecule has 0 aliphatic heterocycles. The van der Waals surface area contributed by atoms with E-state index in [-0.39, 0.29) is 4.90 Å². The molecular weight excluding hydrogens is 304 g/mol. The monoisotopic (exact) mass is 320 g/mol. The van der Waals surface area contributed by atoms with Gasteiger partial charge < -0.3 is 4.74 Å². The summed E-state index contributed by atoms with van der Waals surface area (Å²) in [5.74, 6) is -0.467. The van der Waals surface area contributed by atoms with Gasteiger partial charge in [-0.05, 0) is 42.8 Å². The molecule has 0 fully saturated rings. The van der Waals surface area contributed by atoms with E-state index in [1.165, 1.54) is 30.5 Å². The Morgan fingerprint density at radius 3 is 2.55 bits per heavy atom. The molecule has 0 bridgehead atoms. The molecule has 0 amide bonds. The van der Waals surface area contributed by atoms with Gasteiger partial charge in [0.2, 0.25) is 0 Å². The first kappa shape index (κ1) is 16.0. The number of rotatable bonds is 6. The van der Waals surface area contributed by atoms with Crippen molar-refractivity contribution >= 4 is 21.7 Å². The molecule has 0 saturated carbocycles. The van der Waals surface area contributed by atoms with E-state index >= 15 is 0 Å². The normalized spacial score (nSPS) is 11.0.